The molecule has 0 atom stereocenters. The molecule has 4 nitrogen and oxygen atoms in total. The van der Waals surface area contributed by atoms with Crippen LogP contribution in [0.2, 0.25) is 0 Å². The predicted octanol–water partition coefficient (Wildman–Crippen LogP) is 8.58. The van der Waals surface area contributed by atoms with Gasteiger partial charge in [-0.05, 0) is 30.7 Å². The van der Waals surface area contributed by atoms with Crippen LogP contribution in [0.3, 0.4) is 0 Å². The third-order valence-corrected chi connectivity index (χ3v) is 6.29. The van der Waals surface area contributed by atoms with Gasteiger partial charge in [0, 0.05) is 0 Å². The molecule has 0 bridgehead atoms. The molecule has 2 rings (SSSR count). The molecular formula is C25H37O4P. The van der Waals surface area contributed by atoms with Gasteiger partial charge in [-0.2, -0.15) is 0 Å². The summed E-state index contributed by atoms with van der Waals surface area (Å²) in [5.41, 5.74) is 0. The lowest BCUT2D eigenvalue weighted by atomic mass is 10.1. The van der Waals surface area contributed by atoms with Gasteiger partial charge < -0.3 is 9.05 Å². The molecule has 0 N–H and O–H groups in total. The van der Waals surface area contributed by atoms with Crippen LogP contribution in [0.25, 0.3) is 0 Å². The fourth-order valence-electron chi connectivity index (χ4n) is 3.23. The molecule has 166 valence electrons. The van der Waals surface area contributed by atoms with E-state index in [-0.39, 0.29) is 0 Å². The van der Waals surface area contributed by atoms with E-state index in [9.17, 15) is 4.57 Å². The highest BCUT2D eigenvalue weighted by Gasteiger charge is 2.30. The molecule has 0 aliphatic rings. The van der Waals surface area contributed by atoms with Crippen molar-refractivity contribution in [2.24, 2.45) is 0 Å². The van der Waals surface area contributed by atoms with E-state index in [0.29, 0.717) is 18.1 Å². The summed E-state index contributed by atoms with van der Waals surface area (Å²) in [7, 11) is -3.74. The summed E-state index contributed by atoms with van der Waals surface area (Å²) < 4.78 is 30.0. The van der Waals surface area contributed by atoms with Gasteiger partial charge in [0.2, 0.25) is 0 Å². The number of hydrogen-bond acceptors (Lipinski definition) is 4. The summed E-state index contributed by atoms with van der Waals surface area (Å²) in [5.74, 6) is 0.936. The van der Waals surface area contributed by atoms with Gasteiger partial charge in [0.05, 0.1) is 6.61 Å². The standard InChI is InChI=1S/C25H37O4P/c1-2-3-4-5-6-7-8-9-10-11-18-23-27-30(26,28-24-19-14-12-15-20-24)29-25-21-16-13-17-22-25/h12-17,19-22H,2-11,18,23H2,1H3. The predicted molar refractivity (Wildman–Crippen MR) is 124 cm³/mol. The van der Waals surface area contributed by atoms with Crippen molar-refractivity contribution in [2.45, 2.75) is 77.6 Å². The first-order chi connectivity index (χ1) is 14.7. The first kappa shape index (κ1) is 24.5. The third kappa shape index (κ3) is 10.8. The van der Waals surface area contributed by atoms with Crippen LogP contribution in [0.15, 0.2) is 60.7 Å². The maximum atomic E-state index is 13.2. The molecule has 0 heterocycles. The molecule has 5 heteroatoms. The van der Waals surface area contributed by atoms with E-state index in [4.69, 9.17) is 13.6 Å². The summed E-state index contributed by atoms with van der Waals surface area (Å²) in [4.78, 5) is 0. The molecule has 0 amide bonds. The minimum Gasteiger partial charge on any atom is -0.395 e. The highest BCUT2D eigenvalue weighted by Crippen LogP contribution is 2.49. The Hall–Kier alpha value is -1.77. The topological polar surface area (TPSA) is 44.8 Å². The third-order valence-electron chi connectivity index (χ3n) is 4.92. The van der Waals surface area contributed by atoms with Crippen molar-refractivity contribution in [3.8, 4) is 11.5 Å². The zero-order valence-corrected chi connectivity index (χ0v) is 19.2. The van der Waals surface area contributed by atoms with Gasteiger partial charge in [0.1, 0.15) is 11.5 Å². The van der Waals surface area contributed by atoms with Crippen LogP contribution >= 0.6 is 7.82 Å². The Morgan fingerprint density at radius 3 is 1.43 bits per heavy atom. The largest absolute Gasteiger partial charge is 0.587 e. The van der Waals surface area contributed by atoms with Gasteiger partial charge in [-0.1, -0.05) is 108 Å². The molecule has 0 aliphatic carbocycles. The van der Waals surface area contributed by atoms with Gasteiger partial charge in [0.15, 0.2) is 0 Å². The second-order valence-electron chi connectivity index (χ2n) is 7.62. The molecule has 0 aliphatic heterocycles. The Morgan fingerprint density at radius 1 is 0.600 bits per heavy atom. The average Bonchev–Trinajstić information content (AvgIpc) is 2.76. The van der Waals surface area contributed by atoms with Gasteiger partial charge in [-0.3, -0.25) is 4.52 Å². The van der Waals surface area contributed by atoms with Crippen molar-refractivity contribution < 1.29 is 18.1 Å². The molecule has 0 unspecified atom stereocenters. The van der Waals surface area contributed by atoms with E-state index in [2.05, 4.69) is 6.92 Å². The average molecular weight is 433 g/mol. The van der Waals surface area contributed by atoms with E-state index in [0.717, 1.165) is 12.8 Å². The van der Waals surface area contributed by atoms with Crippen molar-refractivity contribution in [3.63, 3.8) is 0 Å². The number of para-hydroxylation sites is 2. The first-order valence-electron chi connectivity index (χ1n) is 11.5. The zero-order chi connectivity index (χ0) is 21.3. The number of hydrogen-bond donors (Lipinski definition) is 0. The van der Waals surface area contributed by atoms with Gasteiger partial charge >= 0.3 is 7.82 Å². The Morgan fingerprint density at radius 2 is 1.00 bits per heavy atom. The van der Waals surface area contributed by atoms with Gasteiger partial charge in [-0.25, -0.2) is 4.57 Å². The number of phosphoric acid groups is 1. The van der Waals surface area contributed by atoms with Crippen molar-refractivity contribution in [3.05, 3.63) is 60.7 Å². The van der Waals surface area contributed by atoms with Crippen molar-refractivity contribution in [2.75, 3.05) is 6.61 Å². The van der Waals surface area contributed by atoms with Gasteiger partial charge in [-0.15, -0.1) is 0 Å². The molecule has 0 radical (unpaired) electrons. The number of benzene rings is 2. The Bertz CT molecular complexity index is 660. The van der Waals surface area contributed by atoms with E-state index in [1.807, 2.05) is 36.4 Å². The molecule has 2 aromatic carbocycles. The lowest BCUT2D eigenvalue weighted by molar-refractivity contribution is 0.205. The molecule has 0 saturated heterocycles. The van der Waals surface area contributed by atoms with E-state index >= 15 is 0 Å². The van der Waals surface area contributed by atoms with E-state index in [1.165, 1.54) is 57.8 Å². The fraction of sp³-hybridized carbons (Fsp3) is 0.520. The van der Waals surface area contributed by atoms with Crippen LogP contribution in [0.1, 0.15) is 77.6 Å². The molecule has 30 heavy (non-hydrogen) atoms. The molecule has 0 aromatic heterocycles. The minimum absolute atomic E-state index is 0.355. The molecule has 0 spiro atoms. The highest BCUT2D eigenvalue weighted by molar-refractivity contribution is 7.49. The summed E-state index contributed by atoms with van der Waals surface area (Å²) in [6.07, 6.45) is 13.8. The second-order valence-corrected chi connectivity index (χ2v) is 9.14. The summed E-state index contributed by atoms with van der Waals surface area (Å²) >= 11 is 0. The van der Waals surface area contributed by atoms with Crippen LogP contribution < -0.4 is 9.05 Å². The quantitative estimate of drug-likeness (QED) is 0.185. The maximum absolute atomic E-state index is 13.2. The second kappa shape index (κ2) is 15.1. The van der Waals surface area contributed by atoms with Crippen LogP contribution in [-0.2, 0) is 9.09 Å². The van der Waals surface area contributed by atoms with Crippen LogP contribution in [0.5, 0.6) is 11.5 Å². The molecule has 2 aromatic rings. The van der Waals surface area contributed by atoms with Crippen molar-refractivity contribution in [1.29, 1.82) is 0 Å². The van der Waals surface area contributed by atoms with E-state index in [1.54, 1.807) is 24.3 Å². The number of rotatable bonds is 17. The highest BCUT2D eigenvalue weighted by atomic mass is 31.2. The summed E-state index contributed by atoms with van der Waals surface area (Å²) in [5, 5.41) is 0. The maximum Gasteiger partial charge on any atom is 0.587 e. The SMILES string of the molecule is CCCCCCCCCCCCCOP(=O)(Oc1ccccc1)Oc1ccccc1. The first-order valence-corrected chi connectivity index (χ1v) is 12.9. The van der Waals surface area contributed by atoms with E-state index < -0.39 is 7.82 Å². The number of unbranched alkanes of at least 4 members (excludes halogenated alkanes) is 10. The Kier molecular flexibility index (Phi) is 12.3. The Balaban J connectivity index is 1.67. The van der Waals surface area contributed by atoms with Crippen LogP contribution in [0, 0.1) is 0 Å². The van der Waals surface area contributed by atoms with Crippen LogP contribution in [0.4, 0.5) is 0 Å². The lowest BCUT2D eigenvalue weighted by Gasteiger charge is -2.19. The fourth-order valence-corrected chi connectivity index (χ4v) is 4.49. The lowest BCUT2D eigenvalue weighted by Crippen LogP contribution is -2.06. The number of phosphoric ester groups is 1. The normalized spacial score (nSPS) is 11.4. The smallest absolute Gasteiger partial charge is 0.395 e. The van der Waals surface area contributed by atoms with Crippen molar-refractivity contribution >= 4 is 7.82 Å². The summed E-state index contributed by atoms with van der Waals surface area (Å²) in [6, 6.07) is 18.0. The summed E-state index contributed by atoms with van der Waals surface area (Å²) in [6.45, 7) is 2.61. The molecular weight excluding hydrogens is 395 g/mol. The van der Waals surface area contributed by atoms with Crippen LogP contribution in [-0.4, -0.2) is 6.61 Å². The molecule has 0 saturated carbocycles. The molecule has 0 fully saturated rings. The zero-order valence-electron chi connectivity index (χ0n) is 18.3. The minimum atomic E-state index is -3.74. The Labute approximate surface area is 182 Å². The van der Waals surface area contributed by atoms with Crippen molar-refractivity contribution in [1.82, 2.24) is 0 Å². The monoisotopic (exact) mass is 432 g/mol. The van der Waals surface area contributed by atoms with Gasteiger partial charge in [0.25, 0.3) is 0 Å².